The molecule has 0 heterocycles. The fourth-order valence-corrected chi connectivity index (χ4v) is 3.26. The van der Waals surface area contributed by atoms with Gasteiger partial charge in [-0.15, -0.1) is 13.2 Å². The lowest BCUT2D eigenvalue weighted by atomic mass is 9.79. The van der Waals surface area contributed by atoms with Crippen molar-refractivity contribution in [3.05, 3.63) is 35.9 Å². The Hall–Kier alpha value is -1.45. The van der Waals surface area contributed by atoms with Crippen LogP contribution in [-0.2, 0) is 0 Å². The van der Waals surface area contributed by atoms with Gasteiger partial charge >= 0.3 is 6.36 Å². The molecule has 0 unspecified atom stereocenters. The first-order chi connectivity index (χ1) is 11.0. The van der Waals surface area contributed by atoms with Gasteiger partial charge in [0.2, 0.25) is 0 Å². The van der Waals surface area contributed by atoms with Gasteiger partial charge < -0.3 is 4.74 Å². The smallest absolute Gasteiger partial charge is 0.406 e. The molecule has 1 nitrogen and oxygen atoms in total. The fraction of sp³-hybridized carbons (Fsp3) is 0.579. The Kier molecular flexibility index (Phi) is 6.55. The van der Waals surface area contributed by atoms with E-state index < -0.39 is 6.36 Å². The highest BCUT2D eigenvalue weighted by atomic mass is 19.4. The van der Waals surface area contributed by atoms with Crippen molar-refractivity contribution in [2.24, 2.45) is 11.8 Å². The summed E-state index contributed by atoms with van der Waals surface area (Å²) in [5.74, 6) is 1.59. The molecule has 0 atom stereocenters. The zero-order chi connectivity index (χ0) is 16.7. The minimum absolute atomic E-state index is 0.178. The maximum atomic E-state index is 12.1. The zero-order valence-electron chi connectivity index (χ0n) is 13.6. The van der Waals surface area contributed by atoms with Crippen molar-refractivity contribution in [2.45, 2.75) is 58.2 Å². The summed E-state index contributed by atoms with van der Waals surface area (Å²) in [4.78, 5) is 0. The third kappa shape index (κ3) is 6.67. The van der Waals surface area contributed by atoms with Gasteiger partial charge in [-0.3, -0.25) is 0 Å². The van der Waals surface area contributed by atoms with Crippen molar-refractivity contribution in [1.29, 1.82) is 0 Å². The maximum Gasteiger partial charge on any atom is 0.573 e. The van der Waals surface area contributed by atoms with Gasteiger partial charge in [-0.1, -0.05) is 63.3 Å². The second-order valence-electron chi connectivity index (χ2n) is 6.39. The largest absolute Gasteiger partial charge is 0.573 e. The van der Waals surface area contributed by atoms with Crippen molar-refractivity contribution in [1.82, 2.24) is 0 Å². The van der Waals surface area contributed by atoms with E-state index in [0.717, 1.165) is 23.8 Å². The van der Waals surface area contributed by atoms with Crippen molar-refractivity contribution < 1.29 is 17.9 Å². The van der Waals surface area contributed by atoms with E-state index in [4.69, 9.17) is 0 Å². The molecule has 1 aromatic carbocycles. The predicted molar refractivity (Wildman–Crippen MR) is 87.1 cm³/mol. The molecular weight excluding hydrogens is 301 g/mol. The molecule has 1 aliphatic carbocycles. The number of alkyl halides is 3. The summed E-state index contributed by atoms with van der Waals surface area (Å²) in [5.41, 5.74) is 0.897. The van der Waals surface area contributed by atoms with Crippen LogP contribution in [0.2, 0.25) is 0 Å². The maximum absolute atomic E-state index is 12.1. The third-order valence-electron chi connectivity index (χ3n) is 4.71. The van der Waals surface area contributed by atoms with Gasteiger partial charge in [0.1, 0.15) is 5.75 Å². The fourth-order valence-electron chi connectivity index (χ4n) is 3.26. The first-order valence-corrected chi connectivity index (χ1v) is 8.48. The average molecular weight is 326 g/mol. The normalized spacial score (nSPS) is 22.4. The minimum atomic E-state index is -4.63. The lowest BCUT2D eigenvalue weighted by molar-refractivity contribution is -0.274. The number of benzene rings is 1. The molecule has 0 bridgehead atoms. The zero-order valence-corrected chi connectivity index (χ0v) is 13.6. The molecule has 128 valence electrons. The quantitative estimate of drug-likeness (QED) is 0.572. The monoisotopic (exact) mass is 326 g/mol. The second kappa shape index (κ2) is 8.42. The van der Waals surface area contributed by atoms with E-state index in [2.05, 4.69) is 17.7 Å². The molecule has 0 aromatic heterocycles. The van der Waals surface area contributed by atoms with E-state index in [1.54, 1.807) is 12.1 Å². The second-order valence-corrected chi connectivity index (χ2v) is 6.39. The lowest BCUT2D eigenvalue weighted by Crippen LogP contribution is -2.16. The number of hydrogen-bond donors (Lipinski definition) is 0. The van der Waals surface area contributed by atoms with Gasteiger partial charge in [-0.05, 0) is 42.4 Å². The van der Waals surface area contributed by atoms with Crippen molar-refractivity contribution >= 4 is 6.08 Å². The molecular formula is C19H25F3O. The molecule has 1 saturated carbocycles. The van der Waals surface area contributed by atoms with Crippen LogP contribution < -0.4 is 4.74 Å². The van der Waals surface area contributed by atoms with Crippen LogP contribution in [0, 0.1) is 11.8 Å². The Balaban J connectivity index is 1.71. The van der Waals surface area contributed by atoms with Gasteiger partial charge in [0, 0.05) is 0 Å². The average Bonchev–Trinajstić information content (AvgIpc) is 2.52. The highest BCUT2D eigenvalue weighted by Gasteiger charge is 2.30. The number of hydrogen-bond acceptors (Lipinski definition) is 1. The Labute approximate surface area is 136 Å². The van der Waals surface area contributed by atoms with Gasteiger partial charge in [0.05, 0.1) is 0 Å². The molecule has 0 aliphatic heterocycles. The Morgan fingerprint density at radius 1 is 1.04 bits per heavy atom. The number of halogens is 3. The number of allylic oxidation sites excluding steroid dienone is 1. The Morgan fingerprint density at radius 2 is 1.65 bits per heavy atom. The molecule has 0 radical (unpaired) electrons. The molecule has 23 heavy (non-hydrogen) atoms. The van der Waals surface area contributed by atoms with Crippen LogP contribution in [0.4, 0.5) is 13.2 Å². The molecule has 4 heteroatoms. The SMILES string of the molecule is CCC1CCC(CC/C=C\c2ccc(OC(F)(F)F)cc2)CC1. The van der Waals surface area contributed by atoms with E-state index in [0.29, 0.717) is 0 Å². The molecule has 1 aromatic rings. The Morgan fingerprint density at radius 3 is 2.22 bits per heavy atom. The topological polar surface area (TPSA) is 9.23 Å². The molecule has 1 fully saturated rings. The van der Waals surface area contributed by atoms with Crippen molar-refractivity contribution in [2.75, 3.05) is 0 Å². The summed E-state index contributed by atoms with van der Waals surface area (Å²) in [6.45, 7) is 2.28. The van der Waals surface area contributed by atoms with Gasteiger partial charge in [0.25, 0.3) is 0 Å². The highest BCUT2D eigenvalue weighted by molar-refractivity contribution is 5.50. The van der Waals surface area contributed by atoms with Crippen molar-refractivity contribution in [3.63, 3.8) is 0 Å². The van der Waals surface area contributed by atoms with Crippen LogP contribution in [0.5, 0.6) is 5.75 Å². The standard InChI is InChI=1S/C19H25F3O/c1-2-15-7-9-16(10-8-15)5-3-4-6-17-11-13-18(14-12-17)23-19(20,21)22/h4,6,11-16H,2-3,5,7-10H2,1H3/b6-4-. The van der Waals surface area contributed by atoms with E-state index >= 15 is 0 Å². The first-order valence-electron chi connectivity index (χ1n) is 8.48. The van der Waals surface area contributed by atoms with E-state index in [-0.39, 0.29) is 5.75 Å². The van der Waals surface area contributed by atoms with Crippen LogP contribution in [0.1, 0.15) is 57.4 Å². The van der Waals surface area contributed by atoms with Crippen molar-refractivity contribution in [3.8, 4) is 5.75 Å². The summed E-state index contributed by atoms with van der Waals surface area (Å²) >= 11 is 0. The molecule has 0 N–H and O–H groups in total. The predicted octanol–water partition coefficient (Wildman–Crippen LogP) is 6.60. The molecule has 0 amide bonds. The number of ether oxygens (including phenoxy) is 1. The van der Waals surface area contributed by atoms with E-state index in [9.17, 15) is 13.2 Å². The first kappa shape index (κ1) is 17.9. The summed E-state index contributed by atoms with van der Waals surface area (Å²) < 4.78 is 40.1. The molecule has 2 rings (SSSR count). The highest BCUT2D eigenvalue weighted by Crippen LogP contribution is 2.33. The summed E-state index contributed by atoms with van der Waals surface area (Å²) in [5, 5.41) is 0. The lowest BCUT2D eigenvalue weighted by Gasteiger charge is -2.27. The van der Waals surface area contributed by atoms with Crippen LogP contribution in [0.3, 0.4) is 0 Å². The third-order valence-corrected chi connectivity index (χ3v) is 4.71. The summed E-state index contributed by atoms with van der Waals surface area (Å²) in [7, 11) is 0. The van der Waals surface area contributed by atoms with E-state index in [1.807, 2.05) is 6.08 Å². The molecule has 0 spiro atoms. The van der Waals surface area contributed by atoms with Gasteiger partial charge in [0.15, 0.2) is 0 Å². The Bertz CT molecular complexity index is 482. The van der Waals surface area contributed by atoms with Crippen LogP contribution in [-0.4, -0.2) is 6.36 Å². The van der Waals surface area contributed by atoms with Crippen LogP contribution >= 0.6 is 0 Å². The minimum Gasteiger partial charge on any atom is -0.406 e. The van der Waals surface area contributed by atoms with Gasteiger partial charge in [-0.25, -0.2) is 0 Å². The molecule has 1 aliphatic rings. The van der Waals surface area contributed by atoms with Crippen LogP contribution in [0.25, 0.3) is 6.08 Å². The summed E-state index contributed by atoms with van der Waals surface area (Å²) in [6.07, 6.45) is 8.42. The molecule has 0 saturated heterocycles. The van der Waals surface area contributed by atoms with Crippen LogP contribution in [0.15, 0.2) is 30.3 Å². The van der Waals surface area contributed by atoms with E-state index in [1.165, 1.54) is 50.7 Å². The number of rotatable bonds is 6. The van der Waals surface area contributed by atoms with Gasteiger partial charge in [-0.2, -0.15) is 0 Å². The summed E-state index contributed by atoms with van der Waals surface area (Å²) in [6, 6.07) is 5.98.